The molecule has 0 radical (unpaired) electrons. The smallest absolute Gasteiger partial charge is 0.221 e. The van der Waals surface area contributed by atoms with Crippen molar-refractivity contribution in [2.75, 3.05) is 6.54 Å². The van der Waals surface area contributed by atoms with Gasteiger partial charge >= 0.3 is 0 Å². The Morgan fingerprint density at radius 2 is 2.00 bits per heavy atom. The molecule has 0 atom stereocenters. The molecule has 2 heterocycles. The second kappa shape index (κ2) is 6.66. The number of rotatable bonds is 3. The Kier molecular flexibility index (Phi) is 4.11. The molecule has 0 saturated heterocycles. The molecule has 0 unspecified atom stereocenters. The highest BCUT2D eigenvalue weighted by molar-refractivity contribution is 6.36. The van der Waals surface area contributed by atoms with E-state index in [4.69, 9.17) is 17.3 Å². The van der Waals surface area contributed by atoms with E-state index < -0.39 is 0 Å². The van der Waals surface area contributed by atoms with Gasteiger partial charge in [0, 0.05) is 33.4 Å². The maximum Gasteiger partial charge on any atom is 0.221 e. The lowest BCUT2D eigenvalue weighted by atomic mass is 9.88. The lowest BCUT2D eigenvalue weighted by molar-refractivity contribution is -0.117. The van der Waals surface area contributed by atoms with Crippen molar-refractivity contribution in [1.82, 2.24) is 10.3 Å². The molecule has 1 amide bonds. The van der Waals surface area contributed by atoms with Crippen LogP contribution in [-0.4, -0.2) is 17.4 Å². The standard InChI is InChI=1S/C23H20ClN3O/c24-18-10-14(11-20(25)28)23-22(17-5-1-2-7-19(17)27-23)21(18)16-6-3-4-13-12-26-9-8-15(13)16/h1-7,10,26-27H,8-9,11-12H2,(H2,25,28). The largest absolute Gasteiger partial charge is 0.369 e. The van der Waals surface area contributed by atoms with Crippen LogP contribution in [0.5, 0.6) is 0 Å². The minimum Gasteiger partial charge on any atom is -0.369 e. The van der Waals surface area contributed by atoms with Crippen molar-refractivity contribution in [2.45, 2.75) is 19.4 Å². The van der Waals surface area contributed by atoms with Gasteiger partial charge in [-0.25, -0.2) is 0 Å². The van der Waals surface area contributed by atoms with Gasteiger partial charge in [-0.2, -0.15) is 0 Å². The maximum atomic E-state index is 11.6. The van der Waals surface area contributed by atoms with Crippen molar-refractivity contribution < 1.29 is 4.79 Å². The van der Waals surface area contributed by atoms with E-state index >= 15 is 0 Å². The predicted octanol–water partition coefficient (Wildman–Crippen LogP) is 4.32. The number of H-pyrrole nitrogens is 1. The number of nitrogens with two attached hydrogens (primary N) is 1. The molecule has 5 heteroatoms. The fourth-order valence-electron chi connectivity index (χ4n) is 4.42. The Balaban J connectivity index is 1.90. The molecule has 4 aromatic rings. The zero-order valence-electron chi connectivity index (χ0n) is 15.3. The van der Waals surface area contributed by atoms with Gasteiger partial charge in [-0.05, 0) is 47.4 Å². The molecule has 1 aliphatic heterocycles. The van der Waals surface area contributed by atoms with Crippen LogP contribution < -0.4 is 11.1 Å². The Morgan fingerprint density at radius 3 is 2.86 bits per heavy atom. The molecule has 140 valence electrons. The molecule has 1 aliphatic rings. The van der Waals surface area contributed by atoms with Gasteiger partial charge in [0.05, 0.1) is 11.9 Å². The molecule has 1 aromatic heterocycles. The van der Waals surface area contributed by atoms with Crippen LogP contribution in [0.3, 0.4) is 0 Å². The van der Waals surface area contributed by atoms with E-state index in [0.717, 1.165) is 52.4 Å². The summed E-state index contributed by atoms with van der Waals surface area (Å²) in [5.74, 6) is -0.369. The Labute approximate surface area is 167 Å². The first-order valence-corrected chi connectivity index (χ1v) is 9.83. The fourth-order valence-corrected chi connectivity index (χ4v) is 4.74. The van der Waals surface area contributed by atoms with Crippen LogP contribution in [0.1, 0.15) is 16.7 Å². The molecule has 5 rings (SSSR count). The van der Waals surface area contributed by atoms with Gasteiger partial charge in [-0.1, -0.05) is 48.0 Å². The summed E-state index contributed by atoms with van der Waals surface area (Å²) in [6, 6.07) is 16.5. The van der Waals surface area contributed by atoms with E-state index in [1.54, 1.807) is 0 Å². The van der Waals surface area contributed by atoms with E-state index in [9.17, 15) is 4.79 Å². The third-order valence-electron chi connectivity index (χ3n) is 5.59. The number of primary amides is 1. The lowest BCUT2D eigenvalue weighted by Gasteiger charge is -2.22. The molecule has 4 N–H and O–H groups in total. The van der Waals surface area contributed by atoms with E-state index in [2.05, 4.69) is 34.6 Å². The molecule has 0 fully saturated rings. The second-order valence-corrected chi connectivity index (χ2v) is 7.73. The van der Waals surface area contributed by atoms with Gasteiger partial charge in [0.15, 0.2) is 0 Å². The normalized spacial score (nSPS) is 13.8. The number of nitrogens with one attached hydrogen (secondary N) is 2. The maximum absolute atomic E-state index is 11.6. The summed E-state index contributed by atoms with van der Waals surface area (Å²) < 4.78 is 0. The fraction of sp³-hybridized carbons (Fsp3) is 0.174. The monoisotopic (exact) mass is 389 g/mol. The van der Waals surface area contributed by atoms with E-state index in [-0.39, 0.29) is 12.3 Å². The number of para-hydroxylation sites is 1. The van der Waals surface area contributed by atoms with Crippen molar-refractivity contribution in [3.05, 3.63) is 70.2 Å². The molecule has 3 aromatic carbocycles. The highest BCUT2D eigenvalue weighted by atomic mass is 35.5. The molecular weight excluding hydrogens is 370 g/mol. The SMILES string of the molecule is NC(=O)Cc1cc(Cl)c(-c2cccc3c2CCNC3)c2c1[nH]c1ccccc12. The van der Waals surface area contributed by atoms with Crippen LogP contribution in [0, 0.1) is 0 Å². The first-order chi connectivity index (χ1) is 13.6. The number of carbonyl (C=O) groups is 1. The lowest BCUT2D eigenvalue weighted by Crippen LogP contribution is -2.24. The Morgan fingerprint density at radius 1 is 1.14 bits per heavy atom. The topological polar surface area (TPSA) is 70.9 Å². The molecule has 0 aliphatic carbocycles. The molecule has 0 spiro atoms. The number of aromatic nitrogens is 1. The summed E-state index contributed by atoms with van der Waals surface area (Å²) in [5, 5.41) is 6.25. The van der Waals surface area contributed by atoms with Crippen LogP contribution >= 0.6 is 11.6 Å². The van der Waals surface area contributed by atoms with Crippen LogP contribution in [-0.2, 0) is 24.2 Å². The number of hydrogen-bond donors (Lipinski definition) is 3. The van der Waals surface area contributed by atoms with Crippen LogP contribution in [0.15, 0.2) is 48.5 Å². The summed E-state index contributed by atoms with van der Waals surface area (Å²) >= 11 is 6.84. The van der Waals surface area contributed by atoms with Crippen LogP contribution in [0.25, 0.3) is 32.9 Å². The first-order valence-electron chi connectivity index (χ1n) is 9.45. The number of aromatic amines is 1. The number of benzene rings is 3. The van der Waals surface area contributed by atoms with E-state index in [1.807, 2.05) is 24.3 Å². The molecule has 4 nitrogen and oxygen atoms in total. The highest BCUT2D eigenvalue weighted by Crippen LogP contribution is 2.43. The molecule has 0 saturated carbocycles. The van der Waals surface area contributed by atoms with Gasteiger partial charge in [0.1, 0.15) is 0 Å². The number of halogens is 1. The third kappa shape index (κ3) is 2.68. The third-order valence-corrected chi connectivity index (χ3v) is 5.89. The molecule has 0 bridgehead atoms. The van der Waals surface area contributed by atoms with Gasteiger partial charge in [-0.15, -0.1) is 0 Å². The van der Waals surface area contributed by atoms with Crippen molar-refractivity contribution in [3.8, 4) is 11.1 Å². The van der Waals surface area contributed by atoms with Gasteiger partial charge in [0.2, 0.25) is 5.91 Å². The highest BCUT2D eigenvalue weighted by Gasteiger charge is 2.22. The van der Waals surface area contributed by atoms with Crippen molar-refractivity contribution in [3.63, 3.8) is 0 Å². The van der Waals surface area contributed by atoms with E-state index in [1.165, 1.54) is 16.7 Å². The number of hydrogen-bond acceptors (Lipinski definition) is 2. The Bertz CT molecular complexity index is 1240. The van der Waals surface area contributed by atoms with E-state index in [0.29, 0.717) is 5.02 Å². The average molecular weight is 390 g/mol. The first kappa shape index (κ1) is 17.3. The summed E-state index contributed by atoms with van der Waals surface area (Å²) in [6.45, 7) is 1.83. The number of fused-ring (bicyclic) bond motifs is 4. The number of carbonyl (C=O) groups excluding carboxylic acids is 1. The molecular formula is C23H20ClN3O. The second-order valence-electron chi connectivity index (χ2n) is 7.33. The zero-order valence-corrected chi connectivity index (χ0v) is 16.1. The predicted molar refractivity (Wildman–Crippen MR) is 115 cm³/mol. The van der Waals surface area contributed by atoms with Gasteiger partial charge in [-0.3, -0.25) is 4.79 Å². The minimum absolute atomic E-state index is 0.153. The summed E-state index contributed by atoms with van der Waals surface area (Å²) in [6.07, 6.45) is 1.12. The summed E-state index contributed by atoms with van der Waals surface area (Å²) in [4.78, 5) is 15.1. The molecule has 28 heavy (non-hydrogen) atoms. The minimum atomic E-state index is -0.369. The Hall–Kier alpha value is -2.82. The quantitative estimate of drug-likeness (QED) is 0.488. The van der Waals surface area contributed by atoms with Crippen molar-refractivity contribution in [1.29, 1.82) is 0 Å². The zero-order chi connectivity index (χ0) is 19.3. The van der Waals surface area contributed by atoms with Gasteiger partial charge < -0.3 is 16.0 Å². The summed E-state index contributed by atoms with van der Waals surface area (Å²) in [7, 11) is 0. The van der Waals surface area contributed by atoms with Crippen molar-refractivity contribution in [2.24, 2.45) is 5.73 Å². The summed E-state index contributed by atoms with van der Waals surface area (Å²) in [5.41, 5.74) is 13.1. The average Bonchev–Trinajstić information content (AvgIpc) is 3.07. The van der Waals surface area contributed by atoms with Crippen LogP contribution in [0.2, 0.25) is 5.02 Å². The number of amides is 1. The van der Waals surface area contributed by atoms with Gasteiger partial charge in [0.25, 0.3) is 0 Å². The van der Waals surface area contributed by atoms with Crippen LogP contribution in [0.4, 0.5) is 0 Å². The van der Waals surface area contributed by atoms with Crippen molar-refractivity contribution >= 4 is 39.3 Å².